The molecule has 0 radical (unpaired) electrons. The molecule has 2 fully saturated rings. The van der Waals surface area contributed by atoms with Crippen molar-refractivity contribution in [1.82, 2.24) is 5.32 Å². The zero-order valence-corrected chi connectivity index (χ0v) is 12.4. The maximum atomic E-state index is 13.4. The van der Waals surface area contributed by atoms with Gasteiger partial charge in [-0.3, -0.25) is 0 Å². The van der Waals surface area contributed by atoms with Crippen LogP contribution in [-0.2, 0) is 0 Å². The van der Waals surface area contributed by atoms with Gasteiger partial charge in [-0.15, -0.1) is 0 Å². The van der Waals surface area contributed by atoms with Crippen molar-refractivity contribution in [3.05, 3.63) is 29.6 Å². The molecule has 110 valence electrons. The molecule has 1 heterocycles. The van der Waals surface area contributed by atoms with E-state index < -0.39 is 0 Å². The summed E-state index contributed by atoms with van der Waals surface area (Å²) in [7, 11) is 0. The third-order valence-corrected chi connectivity index (χ3v) is 4.93. The van der Waals surface area contributed by atoms with Crippen LogP contribution in [0.3, 0.4) is 0 Å². The van der Waals surface area contributed by atoms with Crippen molar-refractivity contribution in [2.45, 2.75) is 45.1 Å². The zero-order valence-electron chi connectivity index (χ0n) is 12.4. The minimum Gasteiger partial charge on any atom is -0.369 e. The Hall–Kier alpha value is -1.09. The molecule has 1 aromatic carbocycles. The average molecular weight is 276 g/mol. The lowest BCUT2D eigenvalue weighted by molar-refractivity contribution is 0.257. The Balaban J connectivity index is 1.69. The molecule has 1 saturated heterocycles. The van der Waals surface area contributed by atoms with Crippen molar-refractivity contribution in [2.24, 2.45) is 5.92 Å². The van der Waals surface area contributed by atoms with Gasteiger partial charge >= 0.3 is 0 Å². The van der Waals surface area contributed by atoms with Crippen LogP contribution in [-0.4, -0.2) is 25.7 Å². The molecule has 1 aromatic rings. The summed E-state index contributed by atoms with van der Waals surface area (Å²) in [5.41, 5.74) is 1.92. The molecule has 0 spiro atoms. The van der Waals surface area contributed by atoms with E-state index in [0.717, 1.165) is 31.1 Å². The smallest absolute Gasteiger partial charge is 0.126 e. The highest BCUT2D eigenvalue weighted by atomic mass is 19.1. The number of nitrogens with zero attached hydrogens (tertiary/aromatic N) is 1. The first kappa shape index (κ1) is 13.9. The van der Waals surface area contributed by atoms with E-state index in [9.17, 15) is 4.39 Å². The Morgan fingerprint density at radius 3 is 2.75 bits per heavy atom. The second-order valence-electron chi connectivity index (χ2n) is 6.34. The highest BCUT2D eigenvalue weighted by molar-refractivity contribution is 5.49. The first-order valence-electron chi connectivity index (χ1n) is 7.98. The van der Waals surface area contributed by atoms with Crippen molar-refractivity contribution in [1.29, 1.82) is 0 Å². The Bertz CT molecular complexity index is 454. The molecule has 1 N–H and O–H groups in total. The van der Waals surface area contributed by atoms with Crippen molar-refractivity contribution in [3.63, 3.8) is 0 Å². The summed E-state index contributed by atoms with van der Waals surface area (Å²) in [4.78, 5) is 2.42. The van der Waals surface area contributed by atoms with Gasteiger partial charge < -0.3 is 10.2 Å². The van der Waals surface area contributed by atoms with Gasteiger partial charge in [0.05, 0.1) is 0 Å². The van der Waals surface area contributed by atoms with Gasteiger partial charge in [0.2, 0.25) is 0 Å². The second kappa shape index (κ2) is 6.13. The zero-order chi connectivity index (χ0) is 13.9. The molecule has 2 nitrogen and oxygen atoms in total. The van der Waals surface area contributed by atoms with E-state index in [1.165, 1.54) is 37.8 Å². The fourth-order valence-corrected chi connectivity index (χ4v) is 3.69. The average Bonchev–Trinajstić information content (AvgIpc) is 2.51. The van der Waals surface area contributed by atoms with Gasteiger partial charge in [0.25, 0.3) is 0 Å². The highest BCUT2D eigenvalue weighted by Gasteiger charge is 2.28. The van der Waals surface area contributed by atoms with E-state index in [-0.39, 0.29) is 5.82 Å². The third kappa shape index (κ3) is 2.98. The van der Waals surface area contributed by atoms with Crippen molar-refractivity contribution >= 4 is 5.69 Å². The van der Waals surface area contributed by atoms with E-state index in [1.807, 2.05) is 19.1 Å². The number of anilines is 1. The van der Waals surface area contributed by atoms with Gasteiger partial charge in [-0.05, 0) is 49.4 Å². The molecule has 0 amide bonds. The summed E-state index contributed by atoms with van der Waals surface area (Å²) in [6, 6.07) is 6.11. The van der Waals surface area contributed by atoms with Crippen molar-refractivity contribution < 1.29 is 4.39 Å². The van der Waals surface area contributed by atoms with Gasteiger partial charge in [-0.2, -0.15) is 0 Å². The normalized spacial score (nSPS) is 24.9. The highest BCUT2D eigenvalue weighted by Crippen LogP contribution is 2.29. The third-order valence-electron chi connectivity index (χ3n) is 4.93. The number of benzene rings is 1. The second-order valence-corrected chi connectivity index (χ2v) is 6.34. The molecule has 0 bridgehead atoms. The molecule has 1 aliphatic carbocycles. The first-order chi connectivity index (χ1) is 9.74. The predicted octanol–water partition coefficient (Wildman–Crippen LogP) is 3.49. The Morgan fingerprint density at radius 1 is 1.20 bits per heavy atom. The van der Waals surface area contributed by atoms with Crippen LogP contribution in [0.1, 0.15) is 37.7 Å². The number of piperazine rings is 1. The number of hydrogen-bond donors (Lipinski definition) is 1. The largest absolute Gasteiger partial charge is 0.369 e. The lowest BCUT2D eigenvalue weighted by Gasteiger charge is -2.40. The van der Waals surface area contributed by atoms with E-state index in [2.05, 4.69) is 10.2 Å². The molecule has 3 heteroatoms. The van der Waals surface area contributed by atoms with Crippen LogP contribution in [0.2, 0.25) is 0 Å². The fraction of sp³-hybridized carbons (Fsp3) is 0.647. The quantitative estimate of drug-likeness (QED) is 0.889. The van der Waals surface area contributed by atoms with Gasteiger partial charge in [-0.1, -0.05) is 19.3 Å². The fourth-order valence-electron chi connectivity index (χ4n) is 3.69. The van der Waals surface area contributed by atoms with Crippen LogP contribution in [0.4, 0.5) is 10.1 Å². The summed E-state index contributed by atoms with van der Waals surface area (Å²) < 4.78 is 13.4. The summed E-state index contributed by atoms with van der Waals surface area (Å²) in [5.74, 6) is 0.723. The minimum absolute atomic E-state index is 0.104. The first-order valence-corrected chi connectivity index (χ1v) is 7.98. The number of nitrogens with one attached hydrogen (secondary N) is 1. The van der Waals surface area contributed by atoms with Crippen LogP contribution in [0.25, 0.3) is 0 Å². The van der Waals surface area contributed by atoms with E-state index in [1.54, 1.807) is 6.07 Å². The van der Waals surface area contributed by atoms with Gasteiger partial charge in [-0.25, -0.2) is 4.39 Å². The Labute approximate surface area is 121 Å². The summed E-state index contributed by atoms with van der Waals surface area (Å²) in [6.45, 7) is 4.97. The maximum Gasteiger partial charge on any atom is 0.126 e. The van der Waals surface area contributed by atoms with Gasteiger partial charge in [0.15, 0.2) is 0 Å². The minimum atomic E-state index is -0.104. The van der Waals surface area contributed by atoms with E-state index in [4.69, 9.17) is 0 Å². The van der Waals surface area contributed by atoms with E-state index in [0.29, 0.717) is 6.04 Å². The van der Waals surface area contributed by atoms with Crippen LogP contribution in [0.15, 0.2) is 18.2 Å². The molecule has 1 saturated carbocycles. The summed E-state index contributed by atoms with van der Waals surface area (Å²) in [5, 5.41) is 3.70. The predicted molar refractivity (Wildman–Crippen MR) is 81.7 cm³/mol. The topological polar surface area (TPSA) is 15.3 Å². The Morgan fingerprint density at radius 2 is 2.00 bits per heavy atom. The van der Waals surface area contributed by atoms with Gasteiger partial charge in [0, 0.05) is 31.4 Å². The van der Waals surface area contributed by atoms with Crippen LogP contribution in [0.5, 0.6) is 0 Å². The van der Waals surface area contributed by atoms with Crippen LogP contribution < -0.4 is 10.2 Å². The lowest BCUT2D eigenvalue weighted by atomic mass is 9.83. The molecule has 3 rings (SSSR count). The van der Waals surface area contributed by atoms with Crippen molar-refractivity contribution in [3.8, 4) is 0 Å². The van der Waals surface area contributed by atoms with Crippen LogP contribution in [0, 0.1) is 18.7 Å². The number of rotatable bonds is 2. The summed E-state index contributed by atoms with van der Waals surface area (Å²) >= 11 is 0. The summed E-state index contributed by atoms with van der Waals surface area (Å²) in [6.07, 6.45) is 6.92. The lowest BCUT2D eigenvalue weighted by Crippen LogP contribution is -2.54. The molecule has 1 unspecified atom stereocenters. The van der Waals surface area contributed by atoms with Gasteiger partial charge in [0.1, 0.15) is 5.82 Å². The Kier molecular flexibility index (Phi) is 4.25. The molecular weight excluding hydrogens is 251 g/mol. The molecule has 2 aliphatic rings. The standard InChI is InChI=1S/C17H25FN2/c1-13-11-15(7-8-16(13)18)20-10-9-19-17(12-20)14-5-3-2-4-6-14/h7-8,11,14,17,19H,2-6,9-10,12H2,1H3. The molecule has 1 atom stereocenters. The number of aryl methyl sites for hydroxylation is 1. The monoisotopic (exact) mass is 276 g/mol. The molecule has 20 heavy (non-hydrogen) atoms. The maximum absolute atomic E-state index is 13.4. The molecular formula is C17H25FN2. The van der Waals surface area contributed by atoms with Crippen LogP contribution >= 0.6 is 0 Å². The van der Waals surface area contributed by atoms with Crippen molar-refractivity contribution in [2.75, 3.05) is 24.5 Å². The number of halogens is 1. The number of hydrogen-bond acceptors (Lipinski definition) is 2. The molecule has 1 aliphatic heterocycles. The van der Waals surface area contributed by atoms with E-state index >= 15 is 0 Å². The molecule has 0 aromatic heterocycles. The SMILES string of the molecule is Cc1cc(N2CCNC(C3CCCCC3)C2)ccc1F.